The average molecular weight is 266 g/mol. The Labute approximate surface area is 117 Å². The molecule has 100 valence electrons. The molecule has 3 heterocycles. The third kappa shape index (κ3) is 1.21. The lowest BCUT2D eigenvalue weighted by atomic mass is 10.2. The van der Waals surface area contributed by atoms with Crippen LogP contribution in [0.15, 0.2) is 48.5 Å². The maximum atomic E-state index is 6.12. The van der Waals surface area contributed by atoms with Crippen LogP contribution >= 0.6 is 0 Å². The number of hydrogen-bond acceptors (Lipinski definition) is 4. The van der Waals surface area contributed by atoms with E-state index >= 15 is 0 Å². The summed E-state index contributed by atoms with van der Waals surface area (Å²) in [6, 6.07) is 16.4. The number of fused-ring (bicyclic) bond motifs is 7. The first-order valence-corrected chi connectivity index (χ1v) is 6.96. The Morgan fingerprint density at radius 2 is 1.15 bits per heavy atom. The van der Waals surface area contributed by atoms with E-state index in [0.717, 1.165) is 24.6 Å². The number of hydrogen-bond donors (Lipinski definition) is 0. The molecule has 0 spiro atoms. The highest BCUT2D eigenvalue weighted by Gasteiger charge is 2.48. The van der Waals surface area contributed by atoms with Crippen LogP contribution in [0, 0.1) is 0 Å². The molecule has 0 bridgehead atoms. The smallest absolute Gasteiger partial charge is 0.229 e. The van der Waals surface area contributed by atoms with Crippen LogP contribution in [-0.4, -0.2) is 25.5 Å². The summed E-state index contributed by atoms with van der Waals surface area (Å²) in [5.74, 6) is 1.91. The van der Waals surface area contributed by atoms with Crippen molar-refractivity contribution >= 4 is 11.4 Å². The van der Waals surface area contributed by atoms with Gasteiger partial charge in [-0.2, -0.15) is 0 Å². The zero-order valence-corrected chi connectivity index (χ0v) is 10.9. The molecular formula is C16H14N2O2. The summed E-state index contributed by atoms with van der Waals surface area (Å²) in [5, 5.41) is 0. The van der Waals surface area contributed by atoms with Crippen molar-refractivity contribution < 1.29 is 9.47 Å². The highest BCUT2D eigenvalue weighted by Crippen LogP contribution is 2.45. The fourth-order valence-electron chi connectivity index (χ4n) is 3.38. The molecule has 2 aromatic carbocycles. The molecule has 1 saturated heterocycles. The summed E-state index contributed by atoms with van der Waals surface area (Å²) >= 11 is 0. The molecule has 5 rings (SSSR count). The molecule has 1 fully saturated rings. The normalized spacial score (nSPS) is 25.2. The van der Waals surface area contributed by atoms with E-state index in [1.165, 1.54) is 11.4 Å². The molecule has 20 heavy (non-hydrogen) atoms. The van der Waals surface area contributed by atoms with Crippen LogP contribution in [0.1, 0.15) is 0 Å². The Morgan fingerprint density at radius 3 is 1.65 bits per heavy atom. The molecule has 4 heteroatoms. The number of piperazine rings is 1. The van der Waals surface area contributed by atoms with Gasteiger partial charge in [0.1, 0.15) is 11.5 Å². The summed E-state index contributed by atoms with van der Waals surface area (Å²) in [7, 11) is 0. The monoisotopic (exact) mass is 266 g/mol. The molecule has 0 aromatic heterocycles. The van der Waals surface area contributed by atoms with Crippen molar-refractivity contribution in [2.45, 2.75) is 12.5 Å². The van der Waals surface area contributed by atoms with Gasteiger partial charge in [-0.25, -0.2) is 0 Å². The SMILES string of the molecule is c1ccc2c(c1)O[C@H]1[C@@H]3Oc4ccccc4N3CCN21. The van der Waals surface area contributed by atoms with Crippen molar-refractivity contribution in [1.29, 1.82) is 0 Å². The van der Waals surface area contributed by atoms with Gasteiger partial charge in [0.05, 0.1) is 11.4 Å². The Morgan fingerprint density at radius 1 is 0.700 bits per heavy atom. The second-order valence-corrected chi connectivity index (χ2v) is 5.34. The third-order valence-electron chi connectivity index (χ3n) is 4.28. The maximum absolute atomic E-state index is 6.12. The molecule has 2 atom stereocenters. The second kappa shape index (κ2) is 3.60. The minimum absolute atomic E-state index is 0.0615. The van der Waals surface area contributed by atoms with E-state index in [4.69, 9.17) is 9.47 Å². The minimum Gasteiger partial charge on any atom is -0.462 e. The van der Waals surface area contributed by atoms with Gasteiger partial charge in [0.15, 0.2) is 0 Å². The van der Waals surface area contributed by atoms with Crippen LogP contribution in [0.2, 0.25) is 0 Å². The Hall–Kier alpha value is -2.36. The van der Waals surface area contributed by atoms with Gasteiger partial charge in [-0.15, -0.1) is 0 Å². The highest BCUT2D eigenvalue weighted by molar-refractivity contribution is 5.68. The van der Waals surface area contributed by atoms with E-state index in [-0.39, 0.29) is 12.5 Å². The van der Waals surface area contributed by atoms with Gasteiger partial charge < -0.3 is 19.3 Å². The number of rotatable bonds is 0. The second-order valence-electron chi connectivity index (χ2n) is 5.34. The number of anilines is 2. The summed E-state index contributed by atoms with van der Waals surface area (Å²) in [6.45, 7) is 1.91. The zero-order valence-electron chi connectivity index (χ0n) is 10.9. The third-order valence-corrected chi connectivity index (χ3v) is 4.28. The van der Waals surface area contributed by atoms with Gasteiger partial charge in [0.2, 0.25) is 12.5 Å². The molecule has 4 nitrogen and oxygen atoms in total. The predicted molar refractivity (Wildman–Crippen MR) is 76.4 cm³/mol. The Kier molecular flexibility index (Phi) is 1.88. The van der Waals surface area contributed by atoms with Crippen molar-refractivity contribution in [2.24, 2.45) is 0 Å². The first-order valence-electron chi connectivity index (χ1n) is 6.96. The standard InChI is InChI=1S/C16H14N2O2/c1-3-7-13-11(5-1)17-9-10-18-12-6-2-4-8-14(12)20-16(18)15(17)19-13/h1-8,15-16H,9-10H2/t15-,16-/m0/s1. The van der Waals surface area contributed by atoms with E-state index in [9.17, 15) is 0 Å². The van der Waals surface area contributed by atoms with E-state index in [2.05, 4.69) is 34.1 Å². The number of benzene rings is 2. The van der Waals surface area contributed by atoms with Crippen molar-refractivity contribution in [3.8, 4) is 11.5 Å². The number of nitrogens with zero attached hydrogens (tertiary/aromatic N) is 2. The van der Waals surface area contributed by atoms with Crippen LogP contribution in [0.5, 0.6) is 11.5 Å². The molecule has 3 aliphatic rings. The fourth-order valence-corrected chi connectivity index (χ4v) is 3.38. The Bertz CT molecular complexity index is 628. The maximum Gasteiger partial charge on any atom is 0.229 e. The summed E-state index contributed by atoms with van der Waals surface area (Å²) < 4.78 is 12.2. The molecular weight excluding hydrogens is 252 g/mol. The minimum atomic E-state index is -0.0615. The van der Waals surface area contributed by atoms with Crippen LogP contribution in [0.25, 0.3) is 0 Å². The Balaban J connectivity index is 1.55. The first-order chi connectivity index (χ1) is 9.92. The largest absolute Gasteiger partial charge is 0.462 e. The molecule has 0 aliphatic carbocycles. The van der Waals surface area contributed by atoms with Crippen molar-refractivity contribution in [3.05, 3.63) is 48.5 Å². The van der Waals surface area contributed by atoms with Crippen molar-refractivity contribution in [1.82, 2.24) is 0 Å². The molecule has 0 amide bonds. The molecule has 0 N–H and O–H groups in total. The lowest BCUT2D eigenvalue weighted by Crippen LogP contribution is -2.60. The van der Waals surface area contributed by atoms with Gasteiger partial charge in [-0.3, -0.25) is 0 Å². The summed E-state index contributed by atoms with van der Waals surface area (Å²) in [6.07, 6.45) is -0.123. The van der Waals surface area contributed by atoms with Gasteiger partial charge in [-0.05, 0) is 24.3 Å². The van der Waals surface area contributed by atoms with E-state index < -0.39 is 0 Å². The van der Waals surface area contributed by atoms with Crippen molar-refractivity contribution in [3.63, 3.8) is 0 Å². The van der Waals surface area contributed by atoms with E-state index in [0.29, 0.717) is 0 Å². The quantitative estimate of drug-likeness (QED) is 0.731. The lowest BCUT2D eigenvalue weighted by Gasteiger charge is -2.40. The first kappa shape index (κ1) is 10.4. The topological polar surface area (TPSA) is 24.9 Å². The summed E-state index contributed by atoms with van der Waals surface area (Å²) in [4.78, 5) is 4.62. The number of ether oxygens (including phenoxy) is 2. The van der Waals surface area contributed by atoms with Gasteiger partial charge >= 0.3 is 0 Å². The van der Waals surface area contributed by atoms with Gasteiger partial charge in [-0.1, -0.05) is 24.3 Å². The highest BCUT2D eigenvalue weighted by atomic mass is 16.6. The van der Waals surface area contributed by atoms with Crippen LogP contribution in [-0.2, 0) is 0 Å². The van der Waals surface area contributed by atoms with Crippen molar-refractivity contribution in [2.75, 3.05) is 22.9 Å². The molecule has 0 radical (unpaired) electrons. The van der Waals surface area contributed by atoms with E-state index in [1.807, 2.05) is 24.3 Å². The molecule has 2 aromatic rings. The van der Waals surface area contributed by atoms with Gasteiger partial charge in [0.25, 0.3) is 0 Å². The molecule has 0 unspecified atom stereocenters. The van der Waals surface area contributed by atoms with Crippen LogP contribution in [0.3, 0.4) is 0 Å². The molecule has 0 saturated carbocycles. The van der Waals surface area contributed by atoms with Crippen LogP contribution < -0.4 is 19.3 Å². The van der Waals surface area contributed by atoms with E-state index in [1.54, 1.807) is 0 Å². The van der Waals surface area contributed by atoms with Gasteiger partial charge in [0, 0.05) is 13.1 Å². The lowest BCUT2D eigenvalue weighted by molar-refractivity contribution is 0.0649. The zero-order chi connectivity index (χ0) is 13.1. The summed E-state index contributed by atoms with van der Waals surface area (Å²) in [5.41, 5.74) is 2.36. The average Bonchev–Trinajstić information content (AvgIpc) is 3.05. The predicted octanol–water partition coefficient (Wildman–Crippen LogP) is 2.45. The molecule has 3 aliphatic heterocycles. The van der Waals surface area contributed by atoms with Crippen LogP contribution in [0.4, 0.5) is 11.4 Å². The fraction of sp³-hybridized carbons (Fsp3) is 0.250. The number of para-hydroxylation sites is 4.